The number of benzene rings is 1. The smallest absolute Gasteiger partial charge is 0.341 e. The molecular weight excluding hydrogens is 288 g/mol. The normalized spacial score (nSPS) is 9.71. The Morgan fingerprint density at radius 1 is 1.53 bits per heavy atom. The zero-order valence-electron chi connectivity index (χ0n) is 8.98. The molecule has 0 fully saturated rings. The van der Waals surface area contributed by atoms with Crippen molar-refractivity contribution in [3.8, 4) is 5.75 Å². The maximum absolute atomic E-state index is 10.7. The zero-order valence-corrected chi connectivity index (χ0v) is 10.6. The van der Waals surface area contributed by atoms with Crippen LogP contribution >= 0.6 is 15.9 Å². The highest BCUT2D eigenvalue weighted by Gasteiger charge is 2.11. The summed E-state index contributed by atoms with van der Waals surface area (Å²) in [6.07, 6.45) is 2.87. The van der Waals surface area contributed by atoms with E-state index in [1.807, 2.05) is 0 Å². The molecule has 0 bridgehead atoms. The summed E-state index contributed by atoms with van der Waals surface area (Å²) in [5.74, 6) is -0.626. The number of ether oxygens (including phenoxy) is 1. The van der Waals surface area contributed by atoms with E-state index in [1.165, 1.54) is 0 Å². The number of carbonyl (C=O) groups excluding carboxylic acids is 1. The van der Waals surface area contributed by atoms with Crippen LogP contribution in [-0.2, 0) is 11.2 Å². The lowest BCUT2D eigenvalue weighted by atomic mass is 10.1. The van der Waals surface area contributed by atoms with Crippen LogP contribution in [0.5, 0.6) is 5.75 Å². The number of rotatable bonds is 6. The van der Waals surface area contributed by atoms with Crippen molar-refractivity contribution in [2.24, 2.45) is 0 Å². The molecule has 0 aliphatic carbocycles. The van der Waals surface area contributed by atoms with Crippen LogP contribution in [0.1, 0.15) is 15.9 Å². The van der Waals surface area contributed by atoms with E-state index in [9.17, 15) is 9.59 Å². The van der Waals surface area contributed by atoms with Crippen LogP contribution in [-0.4, -0.2) is 24.0 Å². The SMILES string of the molecule is C=CCc1cc(C=O)cc(Br)c1OCC(=O)O. The van der Waals surface area contributed by atoms with Crippen molar-refractivity contribution in [2.75, 3.05) is 6.61 Å². The second-order valence-corrected chi connectivity index (χ2v) is 4.14. The van der Waals surface area contributed by atoms with Gasteiger partial charge < -0.3 is 9.84 Å². The minimum atomic E-state index is -1.05. The van der Waals surface area contributed by atoms with E-state index in [0.717, 1.165) is 11.8 Å². The van der Waals surface area contributed by atoms with Crippen LogP contribution in [0, 0.1) is 0 Å². The van der Waals surface area contributed by atoms with E-state index in [0.29, 0.717) is 22.2 Å². The molecule has 4 nitrogen and oxygen atoms in total. The lowest BCUT2D eigenvalue weighted by Gasteiger charge is -2.11. The van der Waals surface area contributed by atoms with Crippen molar-refractivity contribution in [2.45, 2.75) is 6.42 Å². The first-order valence-electron chi connectivity index (χ1n) is 4.81. The van der Waals surface area contributed by atoms with Gasteiger partial charge in [0, 0.05) is 5.56 Å². The van der Waals surface area contributed by atoms with Gasteiger partial charge in [0.25, 0.3) is 0 Å². The molecule has 0 saturated heterocycles. The second kappa shape index (κ2) is 6.20. The van der Waals surface area contributed by atoms with Crippen molar-refractivity contribution in [1.29, 1.82) is 0 Å². The Morgan fingerprint density at radius 3 is 2.76 bits per heavy atom. The van der Waals surface area contributed by atoms with Gasteiger partial charge in [-0.15, -0.1) is 6.58 Å². The molecular formula is C12H11BrO4. The number of carboxylic acids is 1. The van der Waals surface area contributed by atoms with Crippen molar-refractivity contribution in [3.63, 3.8) is 0 Å². The van der Waals surface area contributed by atoms with Crippen molar-refractivity contribution in [3.05, 3.63) is 40.4 Å². The molecule has 0 saturated carbocycles. The molecule has 1 N–H and O–H groups in total. The lowest BCUT2D eigenvalue weighted by Crippen LogP contribution is -2.11. The van der Waals surface area contributed by atoms with Gasteiger partial charge in [-0.2, -0.15) is 0 Å². The number of aliphatic carboxylic acids is 1. The van der Waals surface area contributed by atoms with Gasteiger partial charge in [0.1, 0.15) is 12.0 Å². The molecule has 0 aliphatic rings. The molecule has 0 aliphatic heterocycles. The predicted octanol–water partition coefficient (Wildman–Crippen LogP) is 2.45. The van der Waals surface area contributed by atoms with E-state index in [4.69, 9.17) is 9.84 Å². The summed E-state index contributed by atoms with van der Waals surface area (Å²) in [4.78, 5) is 21.2. The van der Waals surface area contributed by atoms with E-state index in [2.05, 4.69) is 22.5 Å². The summed E-state index contributed by atoms with van der Waals surface area (Å²) in [6.45, 7) is 3.17. The molecule has 0 aromatic heterocycles. The van der Waals surface area contributed by atoms with Crippen LogP contribution in [0.25, 0.3) is 0 Å². The number of carboxylic acid groups (broad SMARTS) is 1. The average molecular weight is 299 g/mol. The van der Waals surface area contributed by atoms with Crippen molar-refractivity contribution >= 4 is 28.2 Å². The Balaban J connectivity index is 3.11. The molecule has 5 heteroatoms. The summed E-state index contributed by atoms with van der Waals surface area (Å²) >= 11 is 3.25. The molecule has 90 valence electrons. The maximum Gasteiger partial charge on any atom is 0.341 e. The summed E-state index contributed by atoms with van der Waals surface area (Å²) in [7, 11) is 0. The molecule has 0 unspecified atom stereocenters. The molecule has 0 radical (unpaired) electrons. The van der Waals surface area contributed by atoms with E-state index >= 15 is 0 Å². The Bertz CT molecular complexity index is 454. The Morgan fingerprint density at radius 2 is 2.24 bits per heavy atom. The quantitative estimate of drug-likeness (QED) is 0.647. The summed E-state index contributed by atoms with van der Waals surface area (Å²) in [5.41, 5.74) is 1.22. The van der Waals surface area contributed by atoms with Crippen molar-refractivity contribution in [1.82, 2.24) is 0 Å². The van der Waals surface area contributed by atoms with Crippen molar-refractivity contribution < 1.29 is 19.4 Å². The van der Waals surface area contributed by atoms with Gasteiger partial charge in [0.2, 0.25) is 0 Å². The Hall–Kier alpha value is -1.62. The van der Waals surface area contributed by atoms with Crippen LogP contribution in [0.4, 0.5) is 0 Å². The van der Waals surface area contributed by atoms with E-state index in [1.54, 1.807) is 18.2 Å². The maximum atomic E-state index is 10.7. The Kier molecular flexibility index (Phi) is 4.90. The molecule has 0 spiro atoms. The van der Waals surface area contributed by atoms with Gasteiger partial charge in [0.05, 0.1) is 4.47 Å². The number of halogens is 1. The van der Waals surface area contributed by atoms with Gasteiger partial charge >= 0.3 is 5.97 Å². The van der Waals surface area contributed by atoms with Gasteiger partial charge in [-0.1, -0.05) is 6.08 Å². The van der Waals surface area contributed by atoms with Crippen LogP contribution < -0.4 is 4.74 Å². The third-order valence-electron chi connectivity index (χ3n) is 1.98. The molecule has 1 aromatic carbocycles. The van der Waals surface area contributed by atoms with Crippen LogP contribution in [0.3, 0.4) is 0 Å². The monoisotopic (exact) mass is 298 g/mol. The molecule has 1 aromatic rings. The topological polar surface area (TPSA) is 63.6 Å². The Labute approximate surface area is 107 Å². The van der Waals surface area contributed by atoms with Gasteiger partial charge in [-0.3, -0.25) is 4.79 Å². The van der Waals surface area contributed by atoms with Gasteiger partial charge in [-0.05, 0) is 40.0 Å². The lowest BCUT2D eigenvalue weighted by molar-refractivity contribution is -0.139. The predicted molar refractivity (Wildman–Crippen MR) is 66.6 cm³/mol. The molecule has 0 amide bonds. The van der Waals surface area contributed by atoms with E-state index < -0.39 is 12.6 Å². The van der Waals surface area contributed by atoms with Gasteiger partial charge in [-0.25, -0.2) is 4.79 Å². The minimum Gasteiger partial charge on any atom is -0.480 e. The first-order chi connectivity index (χ1) is 8.08. The number of carbonyl (C=O) groups is 2. The van der Waals surface area contributed by atoms with Crippen LogP contribution in [0.15, 0.2) is 29.3 Å². The number of allylic oxidation sites excluding steroid dienone is 1. The fraction of sp³-hybridized carbons (Fsp3) is 0.167. The fourth-order valence-electron chi connectivity index (χ4n) is 1.34. The summed E-state index contributed by atoms with van der Waals surface area (Å²) < 4.78 is 5.73. The third kappa shape index (κ3) is 3.71. The summed E-state index contributed by atoms with van der Waals surface area (Å²) in [6, 6.07) is 3.23. The standard InChI is InChI=1S/C12H11BrO4/c1-2-3-9-4-8(6-14)5-10(13)12(9)17-7-11(15)16/h2,4-6H,1,3,7H2,(H,15,16). The van der Waals surface area contributed by atoms with E-state index in [-0.39, 0.29) is 0 Å². The number of hydrogen-bond acceptors (Lipinski definition) is 3. The molecule has 0 heterocycles. The largest absolute Gasteiger partial charge is 0.480 e. The first kappa shape index (κ1) is 13.4. The highest BCUT2D eigenvalue weighted by molar-refractivity contribution is 9.10. The second-order valence-electron chi connectivity index (χ2n) is 3.28. The fourth-order valence-corrected chi connectivity index (χ4v) is 1.98. The number of aldehydes is 1. The van der Waals surface area contributed by atoms with Crippen LogP contribution in [0.2, 0.25) is 0 Å². The number of hydrogen-bond donors (Lipinski definition) is 1. The molecule has 17 heavy (non-hydrogen) atoms. The highest BCUT2D eigenvalue weighted by Crippen LogP contribution is 2.31. The third-order valence-corrected chi connectivity index (χ3v) is 2.57. The average Bonchev–Trinajstić information content (AvgIpc) is 2.27. The molecule has 0 atom stereocenters. The van der Waals surface area contributed by atoms with Gasteiger partial charge in [0.15, 0.2) is 6.61 Å². The molecule has 1 rings (SSSR count). The zero-order chi connectivity index (χ0) is 12.8. The minimum absolute atomic E-state index is 0.427. The summed E-state index contributed by atoms with van der Waals surface area (Å²) in [5, 5.41) is 8.57. The highest BCUT2D eigenvalue weighted by atomic mass is 79.9. The first-order valence-corrected chi connectivity index (χ1v) is 5.61.